The zero-order valence-corrected chi connectivity index (χ0v) is 44.3. The fraction of sp³-hybridized carbons (Fsp3) is 0.620. The van der Waals surface area contributed by atoms with E-state index in [2.05, 4.69) is 52.5 Å². The van der Waals surface area contributed by atoms with Crippen molar-refractivity contribution in [1.29, 1.82) is 0 Å². The van der Waals surface area contributed by atoms with Crippen LogP contribution in [0.4, 0.5) is 0 Å². The Kier molecular flexibility index (Phi) is 27.7. The van der Waals surface area contributed by atoms with Crippen LogP contribution in [-0.4, -0.2) is 146 Å². The van der Waals surface area contributed by atoms with E-state index in [1.165, 1.54) is 26.4 Å². The number of aliphatic hydroxyl groups excluding tert-OH is 1. The van der Waals surface area contributed by atoms with Crippen molar-refractivity contribution in [2.45, 2.75) is 174 Å². The minimum absolute atomic E-state index is 0.0195. The molecule has 1 aromatic heterocycles. The van der Waals surface area contributed by atoms with Crippen molar-refractivity contribution in [2.75, 3.05) is 6.54 Å². The van der Waals surface area contributed by atoms with Gasteiger partial charge in [0, 0.05) is 31.2 Å². The zero-order valence-electron chi connectivity index (χ0n) is 44.3. The zero-order chi connectivity index (χ0) is 56.5. The number of primary amides is 1. The van der Waals surface area contributed by atoms with Gasteiger partial charge in [-0.25, -0.2) is 9.78 Å². The Hall–Kier alpha value is -6.99. The number of imidazole rings is 1. The van der Waals surface area contributed by atoms with Crippen LogP contribution in [0.15, 0.2) is 42.9 Å². The summed E-state index contributed by atoms with van der Waals surface area (Å²) in [6, 6.07) is -3.22. The van der Waals surface area contributed by atoms with Gasteiger partial charge in [0.15, 0.2) is 0 Å². The van der Waals surface area contributed by atoms with Gasteiger partial charge in [0.25, 0.3) is 0 Å². The molecular formula is C50H81N13O12. The number of carbonyl (C=O) groups excluding carboxylic acids is 9. The maximum absolute atomic E-state index is 14.4. The Morgan fingerprint density at radius 1 is 0.627 bits per heavy atom. The number of rotatable bonds is 34. The first-order valence-corrected chi connectivity index (χ1v) is 25.4. The van der Waals surface area contributed by atoms with E-state index in [4.69, 9.17) is 17.2 Å². The minimum Gasteiger partial charge on any atom is -0.480 e. The number of carbonyl (C=O) groups is 10. The predicted molar refractivity (Wildman–Crippen MR) is 276 cm³/mol. The highest BCUT2D eigenvalue weighted by Crippen LogP contribution is 2.14. The number of hydrogen-bond acceptors (Lipinski definition) is 14. The molecule has 17 N–H and O–H groups in total. The Morgan fingerprint density at radius 3 is 1.72 bits per heavy atom. The Morgan fingerprint density at radius 2 is 1.17 bits per heavy atom. The predicted octanol–water partition coefficient (Wildman–Crippen LogP) is -1.97. The van der Waals surface area contributed by atoms with Gasteiger partial charge >= 0.3 is 5.97 Å². The summed E-state index contributed by atoms with van der Waals surface area (Å²) in [5, 5.41) is 40.8. The number of amides is 9. The van der Waals surface area contributed by atoms with E-state index in [-0.39, 0.29) is 38.0 Å². The summed E-state index contributed by atoms with van der Waals surface area (Å²) in [4.78, 5) is 141. The summed E-state index contributed by atoms with van der Waals surface area (Å²) in [6.07, 6.45) is 2.16. The number of nitrogens with two attached hydrogens (primary N) is 3. The normalized spacial score (nSPS) is 15.7. The summed E-state index contributed by atoms with van der Waals surface area (Å²) in [6.45, 7) is 13.3. The lowest BCUT2D eigenvalue weighted by molar-refractivity contribution is -0.142. The maximum atomic E-state index is 14.4. The van der Waals surface area contributed by atoms with E-state index in [1.807, 2.05) is 0 Å². The number of unbranched alkanes of at least 4 members (excludes halogenated alkanes) is 1. The summed E-state index contributed by atoms with van der Waals surface area (Å²) in [5.41, 5.74) is 18.1. The van der Waals surface area contributed by atoms with Crippen LogP contribution in [0.25, 0.3) is 0 Å². The quantitative estimate of drug-likeness (QED) is 0.0338. The van der Waals surface area contributed by atoms with E-state index in [9.17, 15) is 58.2 Å². The summed E-state index contributed by atoms with van der Waals surface area (Å²) >= 11 is 0. The molecule has 0 aliphatic heterocycles. The first kappa shape index (κ1) is 64.1. The van der Waals surface area contributed by atoms with Gasteiger partial charge in [-0.3, -0.25) is 43.2 Å². The topological polar surface area (TPSA) is 414 Å². The molecule has 0 radical (unpaired) electrons. The molecule has 1 aromatic carbocycles. The second kappa shape index (κ2) is 32.3. The Bertz CT molecular complexity index is 2190. The molecule has 0 aliphatic rings. The van der Waals surface area contributed by atoms with Crippen LogP contribution in [-0.2, 0) is 60.8 Å². The van der Waals surface area contributed by atoms with Crippen molar-refractivity contribution >= 4 is 59.1 Å². The Labute approximate surface area is 438 Å². The molecule has 0 aliphatic carbocycles. The van der Waals surface area contributed by atoms with Crippen LogP contribution >= 0.6 is 0 Å². The van der Waals surface area contributed by atoms with E-state index < -0.39 is 138 Å². The number of carboxylic acid groups (broad SMARTS) is 1. The van der Waals surface area contributed by atoms with Crippen molar-refractivity contribution in [3.05, 3.63) is 54.1 Å². The number of aliphatic carboxylic acids is 1. The summed E-state index contributed by atoms with van der Waals surface area (Å²) in [7, 11) is 0. The molecule has 418 valence electrons. The number of hydrogen-bond donors (Lipinski definition) is 14. The van der Waals surface area contributed by atoms with Crippen LogP contribution < -0.4 is 59.7 Å². The average molecular weight is 1060 g/mol. The van der Waals surface area contributed by atoms with E-state index >= 15 is 0 Å². The van der Waals surface area contributed by atoms with Crippen LogP contribution in [0, 0.1) is 17.8 Å². The molecule has 0 spiro atoms. The van der Waals surface area contributed by atoms with Crippen molar-refractivity contribution in [2.24, 2.45) is 35.0 Å². The molecule has 0 bridgehead atoms. The third-order valence-corrected chi connectivity index (χ3v) is 12.3. The molecule has 2 rings (SSSR count). The van der Waals surface area contributed by atoms with Gasteiger partial charge in [0.2, 0.25) is 53.2 Å². The number of H-pyrrole nitrogens is 1. The third kappa shape index (κ3) is 22.6. The van der Waals surface area contributed by atoms with Crippen LogP contribution in [0.5, 0.6) is 0 Å². The number of aliphatic hydroxyl groups is 1. The molecule has 0 fully saturated rings. The molecule has 75 heavy (non-hydrogen) atoms. The second-order valence-electron chi connectivity index (χ2n) is 19.6. The molecule has 25 heteroatoms. The fourth-order valence-corrected chi connectivity index (χ4v) is 7.66. The van der Waals surface area contributed by atoms with E-state index in [1.54, 1.807) is 71.9 Å². The highest BCUT2D eigenvalue weighted by Gasteiger charge is 2.37. The summed E-state index contributed by atoms with van der Waals surface area (Å²) < 4.78 is 0. The lowest BCUT2D eigenvalue weighted by Crippen LogP contribution is -2.62. The van der Waals surface area contributed by atoms with Crippen molar-refractivity contribution < 1.29 is 58.2 Å². The smallest absolute Gasteiger partial charge is 0.326 e. The molecule has 2 aromatic rings. The standard InChI is InChI=1S/C50H81N13O12/c1-9-28(6)40(48(72)56-29(7)42(66)58-35(50(74)75)17-13-14-20-51)62-46(70)37(22-31-15-11-10-12-16-31)59-45(69)36(21-26(2)3)60-47(71)39(27(4)5)61-44(68)34(18-19-38(53)65)57-49(73)41(30(8)64)63-43(67)33(52)23-32-24-54-25-55-32/h10-12,15-16,24-30,33-37,39-41,64H,9,13-14,17-23,51-52H2,1-8H3,(H2,53,65)(H,54,55)(H,56,72)(H,57,73)(H,58,66)(H,59,69)(H,60,71)(H,61,68)(H,62,70)(H,63,67)(H,74,75)/t28-,29-,30+,33-,34-,35-,36-,37-,39-,40-,41-/m0/s1. The van der Waals surface area contributed by atoms with Crippen LogP contribution in [0.2, 0.25) is 0 Å². The minimum atomic E-state index is -1.61. The van der Waals surface area contributed by atoms with Gasteiger partial charge in [0.1, 0.15) is 48.3 Å². The van der Waals surface area contributed by atoms with Gasteiger partial charge in [0.05, 0.1) is 18.5 Å². The molecule has 25 nitrogen and oxygen atoms in total. The third-order valence-electron chi connectivity index (χ3n) is 12.3. The molecule has 9 amide bonds. The Balaban J connectivity index is 2.37. The molecule has 0 saturated carbocycles. The molecular weight excluding hydrogens is 975 g/mol. The first-order valence-electron chi connectivity index (χ1n) is 25.4. The SMILES string of the molecule is CC[C@H](C)[C@H](NC(=O)[C@H](Cc1ccccc1)NC(=O)[C@H](CC(C)C)NC(=O)[C@@H](NC(=O)[C@H](CCC(N)=O)NC(=O)[C@@H](NC(=O)[C@@H](N)Cc1cnc[nH]1)[C@@H](C)O)C(C)C)C(=O)N[C@@H](C)C(=O)N[C@@H](CCCCN)C(=O)O. The van der Waals surface area contributed by atoms with Gasteiger partial charge in [-0.05, 0) is 75.8 Å². The molecule has 0 saturated heterocycles. The van der Waals surface area contributed by atoms with E-state index in [0.717, 1.165) is 0 Å². The van der Waals surface area contributed by atoms with Gasteiger partial charge in [-0.1, -0.05) is 78.3 Å². The highest BCUT2D eigenvalue weighted by atomic mass is 16.4. The lowest BCUT2D eigenvalue weighted by Gasteiger charge is -2.30. The van der Waals surface area contributed by atoms with Gasteiger partial charge in [-0.15, -0.1) is 0 Å². The van der Waals surface area contributed by atoms with Gasteiger partial charge < -0.3 is 74.9 Å². The van der Waals surface area contributed by atoms with E-state index in [0.29, 0.717) is 37.1 Å². The van der Waals surface area contributed by atoms with Crippen LogP contribution in [0.3, 0.4) is 0 Å². The number of aromatic nitrogens is 2. The number of aromatic amines is 1. The number of nitrogens with zero attached hydrogens (tertiary/aromatic N) is 1. The van der Waals surface area contributed by atoms with Crippen molar-refractivity contribution in [3.8, 4) is 0 Å². The summed E-state index contributed by atoms with van der Waals surface area (Å²) in [5.74, 6) is -10.0. The highest BCUT2D eigenvalue weighted by molar-refractivity contribution is 5.98. The number of nitrogens with one attached hydrogen (secondary N) is 9. The molecule has 1 heterocycles. The van der Waals surface area contributed by atoms with Gasteiger partial charge in [-0.2, -0.15) is 0 Å². The number of carboxylic acids is 1. The van der Waals surface area contributed by atoms with Crippen molar-refractivity contribution in [3.63, 3.8) is 0 Å². The second-order valence-corrected chi connectivity index (χ2v) is 19.6. The lowest BCUT2D eigenvalue weighted by atomic mass is 9.96. The number of benzene rings is 1. The average Bonchev–Trinajstić information content (AvgIpc) is 3.86. The maximum Gasteiger partial charge on any atom is 0.326 e. The van der Waals surface area contributed by atoms with Crippen LogP contribution in [0.1, 0.15) is 112 Å². The first-order chi connectivity index (χ1) is 35.3. The fourth-order valence-electron chi connectivity index (χ4n) is 7.66. The van der Waals surface area contributed by atoms with Crippen molar-refractivity contribution in [1.82, 2.24) is 52.5 Å². The monoisotopic (exact) mass is 1060 g/mol. The molecule has 0 unspecified atom stereocenters. The largest absolute Gasteiger partial charge is 0.480 e. The molecule has 11 atom stereocenters.